The van der Waals surface area contributed by atoms with Crippen molar-refractivity contribution in [2.75, 3.05) is 26.7 Å². The van der Waals surface area contributed by atoms with E-state index in [0.717, 1.165) is 6.42 Å². The maximum absolute atomic E-state index is 11.5. The number of carboxylic acids is 1. The zero-order valence-electron chi connectivity index (χ0n) is 8.54. The van der Waals surface area contributed by atoms with Gasteiger partial charge in [-0.3, -0.25) is 14.5 Å². The number of amides is 1. The first-order valence-electron chi connectivity index (χ1n) is 4.64. The van der Waals surface area contributed by atoms with Gasteiger partial charge in [0.1, 0.15) is 0 Å². The molecule has 0 aromatic carbocycles. The van der Waals surface area contributed by atoms with Gasteiger partial charge in [0.15, 0.2) is 0 Å². The molecule has 5 heteroatoms. The van der Waals surface area contributed by atoms with Crippen molar-refractivity contribution in [3.05, 3.63) is 0 Å². The fourth-order valence-corrected chi connectivity index (χ4v) is 1.87. The second kappa shape index (κ2) is 3.96. The molecule has 0 bridgehead atoms. The van der Waals surface area contributed by atoms with E-state index in [1.165, 1.54) is 0 Å². The van der Waals surface area contributed by atoms with Gasteiger partial charge in [-0.15, -0.1) is 0 Å². The topological polar surface area (TPSA) is 69.6 Å². The van der Waals surface area contributed by atoms with E-state index in [0.29, 0.717) is 13.1 Å². The fraction of sp³-hybridized carbons (Fsp3) is 0.778. The van der Waals surface area contributed by atoms with Gasteiger partial charge in [0.25, 0.3) is 0 Å². The zero-order chi connectivity index (χ0) is 10.8. The summed E-state index contributed by atoms with van der Waals surface area (Å²) in [6.07, 6.45) is 0.722. The summed E-state index contributed by atoms with van der Waals surface area (Å²) in [5.74, 6) is -0.850. The van der Waals surface area contributed by atoms with E-state index in [-0.39, 0.29) is 12.5 Å². The van der Waals surface area contributed by atoms with Crippen molar-refractivity contribution in [3.8, 4) is 0 Å². The Hall–Kier alpha value is -1.10. The van der Waals surface area contributed by atoms with Crippen LogP contribution in [0, 0.1) is 5.41 Å². The average Bonchev–Trinajstić information content (AvgIpc) is 2.46. The molecule has 1 heterocycles. The lowest BCUT2D eigenvalue weighted by molar-refractivity contribution is -0.138. The highest BCUT2D eigenvalue weighted by Crippen LogP contribution is 2.29. The molecule has 0 spiro atoms. The molecule has 1 rings (SSSR count). The number of hydrogen-bond acceptors (Lipinski definition) is 3. The Balaban J connectivity index is 2.55. The summed E-state index contributed by atoms with van der Waals surface area (Å²) in [4.78, 5) is 23.7. The van der Waals surface area contributed by atoms with Crippen LogP contribution in [0.25, 0.3) is 0 Å². The summed E-state index contributed by atoms with van der Waals surface area (Å²) >= 11 is 0. The fourth-order valence-electron chi connectivity index (χ4n) is 1.87. The van der Waals surface area contributed by atoms with Gasteiger partial charge in [-0.05, 0) is 19.9 Å². The molecule has 1 aliphatic heterocycles. The van der Waals surface area contributed by atoms with Gasteiger partial charge in [-0.2, -0.15) is 0 Å². The van der Waals surface area contributed by atoms with E-state index in [2.05, 4.69) is 5.32 Å². The molecule has 2 N–H and O–H groups in total. The molecule has 1 amide bonds. The second-order valence-corrected chi connectivity index (χ2v) is 3.99. The van der Waals surface area contributed by atoms with Gasteiger partial charge in [0.05, 0.1) is 12.0 Å². The average molecular weight is 200 g/mol. The van der Waals surface area contributed by atoms with Crippen LogP contribution < -0.4 is 5.32 Å². The van der Waals surface area contributed by atoms with E-state index in [4.69, 9.17) is 5.11 Å². The number of likely N-dealkylation sites (tertiary alicyclic amines) is 1. The van der Waals surface area contributed by atoms with Crippen LogP contribution in [-0.2, 0) is 9.59 Å². The minimum absolute atomic E-state index is 0.00890. The van der Waals surface area contributed by atoms with Crippen molar-refractivity contribution < 1.29 is 14.7 Å². The van der Waals surface area contributed by atoms with Crippen molar-refractivity contribution in [1.29, 1.82) is 0 Å². The summed E-state index contributed by atoms with van der Waals surface area (Å²) in [5, 5.41) is 11.2. The Morgan fingerprint density at radius 2 is 2.21 bits per heavy atom. The van der Waals surface area contributed by atoms with Crippen molar-refractivity contribution in [3.63, 3.8) is 0 Å². The third kappa shape index (κ3) is 2.23. The lowest BCUT2D eigenvalue weighted by atomic mass is 9.89. The molecule has 0 aromatic heterocycles. The van der Waals surface area contributed by atoms with E-state index in [9.17, 15) is 9.59 Å². The van der Waals surface area contributed by atoms with Crippen LogP contribution in [0.5, 0.6) is 0 Å². The van der Waals surface area contributed by atoms with Gasteiger partial charge in [0, 0.05) is 13.6 Å². The Bertz CT molecular complexity index is 254. The Morgan fingerprint density at radius 1 is 1.57 bits per heavy atom. The SMILES string of the molecule is CNC(=O)C1(C)CCN(CC(=O)O)C1. The minimum atomic E-state index is -0.842. The van der Waals surface area contributed by atoms with Gasteiger partial charge < -0.3 is 10.4 Å². The molecule has 0 radical (unpaired) electrons. The quantitative estimate of drug-likeness (QED) is 0.646. The smallest absolute Gasteiger partial charge is 0.317 e. The molecule has 1 unspecified atom stereocenters. The molecule has 0 aromatic rings. The number of nitrogens with zero attached hydrogens (tertiary/aromatic N) is 1. The molecule has 0 saturated carbocycles. The molecule has 14 heavy (non-hydrogen) atoms. The maximum Gasteiger partial charge on any atom is 0.317 e. The number of carboxylic acid groups (broad SMARTS) is 1. The van der Waals surface area contributed by atoms with Crippen LogP contribution in [0.1, 0.15) is 13.3 Å². The number of carbonyl (C=O) groups excluding carboxylic acids is 1. The predicted molar refractivity (Wildman–Crippen MR) is 50.9 cm³/mol. The normalized spacial score (nSPS) is 27.6. The lowest BCUT2D eigenvalue weighted by Gasteiger charge is -2.21. The standard InChI is InChI=1S/C9H16N2O3/c1-9(8(14)10-2)3-4-11(6-9)5-7(12)13/h3-6H2,1-2H3,(H,10,14)(H,12,13). The van der Waals surface area contributed by atoms with Crippen LogP contribution in [-0.4, -0.2) is 48.6 Å². The molecule has 0 aliphatic carbocycles. The predicted octanol–water partition coefficient (Wildman–Crippen LogP) is -0.471. The third-order valence-electron chi connectivity index (χ3n) is 2.69. The Labute approximate surface area is 83.1 Å². The third-order valence-corrected chi connectivity index (χ3v) is 2.69. The van der Waals surface area contributed by atoms with E-state index in [1.807, 2.05) is 6.92 Å². The number of rotatable bonds is 3. The van der Waals surface area contributed by atoms with E-state index in [1.54, 1.807) is 11.9 Å². The second-order valence-electron chi connectivity index (χ2n) is 3.99. The number of hydrogen-bond donors (Lipinski definition) is 2. The molecular weight excluding hydrogens is 184 g/mol. The van der Waals surface area contributed by atoms with Gasteiger partial charge in [-0.1, -0.05) is 0 Å². The summed E-state index contributed by atoms with van der Waals surface area (Å²) < 4.78 is 0. The van der Waals surface area contributed by atoms with Gasteiger partial charge in [-0.25, -0.2) is 0 Å². The largest absolute Gasteiger partial charge is 0.480 e. The van der Waals surface area contributed by atoms with E-state index >= 15 is 0 Å². The molecule has 1 saturated heterocycles. The number of aliphatic carboxylic acids is 1. The molecule has 5 nitrogen and oxygen atoms in total. The summed E-state index contributed by atoms with van der Waals surface area (Å²) in [6.45, 7) is 3.09. The van der Waals surface area contributed by atoms with Gasteiger partial charge >= 0.3 is 5.97 Å². The highest BCUT2D eigenvalue weighted by atomic mass is 16.4. The first-order valence-corrected chi connectivity index (χ1v) is 4.64. The first kappa shape index (κ1) is 11.0. The van der Waals surface area contributed by atoms with Crippen LogP contribution in [0.3, 0.4) is 0 Å². The molecule has 1 fully saturated rings. The first-order chi connectivity index (χ1) is 6.48. The maximum atomic E-state index is 11.5. The Morgan fingerprint density at radius 3 is 2.71 bits per heavy atom. The number of carbonyl (C=O) groups is 2. The monoisotopic (exact) mass is 200 g/mol. The van der Waals surface area contributed by atoms with E-state index < -0.39 is 11.4 Å². The van der Waals surface area contributed by atoms with Crippen LogP contribution >= 0.6 is 0 Å². The highest BCUT2D eigenvalue weighted by molar-refractivity contribution is 5.82. The van der Waals surface area contributed by atoms with Gasteiger partial charge in [0.2, 0.25) is 5.91 Å². The molecule has 1 aliphatic rings. The highest BCUT2D eigenvalue weighted by Gasteiger charge is 2.39. The van der Waals surface area contributed by atoms with Crippen molar-refractivity contribution in [2.24, 2.45) is 5.41 Å². The lowest BCUT2D eigenvalue weighted by Crippen LogP contribution is -2.39. The number of nitrogens with one attached hydrogen (secondary N) is 1. The minimum Gasteiger partial charge on any atom is -0.480 e. The van der Waals surface area contributed by atoms with Crippen molar-refractivity contribution >= 4 is 11.9 Å². The molecule has 80 valence electrons. The summed E-state index contributed by atoms with van der Waals surface area (Å²) in [6, 6.07) is 0. The summed E-state index contributed by atoms with van der Waals surface area (Å²) in [5.41, 5.74) is -0.426. The summed E-state index contributed by atoms with van der Waals surface area (Å²) in [7, 11) is 1.60. The van der Waals surface area contributed by atoms with Crippen LogP contribution in [0.2, 0.25) is 0 Å². The molecule has 1 atom stereocenters. The molecular formula is C9H16N2O3. The Kier molecular flexibility index (Phi) is 3.10. The van der Waals surface area contributed by atoms with Crippen molar-refractivity contribution in [1.82, 2.24) is 10.2 Å². The zero-order valence-corrected chi connectivity index (χ0v) is 8.54. The van der Waals surface area contributed by atoms with Crippen LogP contribution in [0.15, 0.2) is 0 Å². The van der Waals surface area contributed by atoms with Crippen LogP contribution in [0.4, 0.5) is 0 Å². The van der Waals surface area contributed by atoms with Crippen molar-refractivity contribution in [2.45, 2.75) is 13.3 Å².